The van der Waals surface area contributed by atoms with Crippen molar-refractivity contribution in [3.8, 4) is 5.75 Å². The molecule has 0 atom stereocenters. The number of ether oxygens (including phenoxy) is 1. The van der Waals surface area contributed by atoms with Crippen molar-refractivity contribution in [1.29, 1.82) is 0 Å². The number of carbonyl (C=O) groups excluding carboxylic acids is 1. The van der Waals surface area contributed by atoms with Crippen LogP contribution in [0.2, 0.25) is 5.02 Å². The molecular formula is C22H20ClF3N10O2. The van der Waals surface area contributed by atoms with Crippen LogP contribution in [0, 0.1) is 5.92 Å². The Bertz CT molecular complexity index is 1540. The number of fused-ring (bicyclic) bond motifs is 1. The van der Waals surface area contributed by atoms with Crippen LogP contribution in [0.1, 0.15) is 24.2 Å². The van der Waals surface area contributed by atoms with E-state index in [1.807, 2.05) is 5.10 Å². The summed E-state index contributed by atoms with van der Waals surface area (Å²) in [4.78, 5) is 30.8. The van der Waals surface area contributed by atoms with Gasteiger partial charge in [-0.25, -0.2) is 15.0 Å². The number of nitrogens with one attached hydrogen (secondary N) is 2. The normalized spacial score (nSPS) is 14.1. The number of halogens is 4. The molecule has 1 aliphatic rings. The number of hydrogen-bond donors (Lipinski definition) is 3. The van der Waals surface area contributed by atoms with Crippen LogP contribution in [-0.2, 0) is 18.0 Å². The summed E-state index contributed by atoms with van der Waals surface area (Å²) in [6.07, 6.45) is 2.52. The fourth-order valence-electron chi connectivity index (χ4n) is 3.57. The van der Waals surface area contributed by atoms with Gasteiger partial charge in [0.05, 0.1) is 18.6 Å². The highest BCUT2D eigenvalue weighted by Crippen LogP contribution is 2.36. The van der Waals surface area contributed by atoms with Gasteiger partial charge >= 0.3 is 6.18 Å². The highest BCUT2D eigenvalue weighted by Gasteiger charge is 2.34. The molecule has 1 aliphatic carbocycles. The van der Waals surface area contributed by atoms with Crippen LogP contribution in [0.15, 0.2) is 30.9 Å². The van der Waals surface area contributed by atoms with Crippen molar-refractivity contribution in [2.24, 2.45) is 18.7 Å². The number of nitrogens with two attached hydrogens (primary N) is 1. The molecule has 38 heavy (non-hydrogen) atoms. The number of rotatable bonds is 7. The van der Waals surface area contributed by atoms with Gasteiger partial charge in [0, 0.05) is 32.3 Å². The third kappa shape index (κ3) is 4.79. The van der Waals surface area contributed by atoms with E-state index in [1.165, 1.54) is 34.3 Å². The van der Waals surface area contributed by atoms with Gasteiger partial charge in [-0.1, -0.05) is 11.6 Å². The van der Waals surface area contributed by atoms with E-state index in [2.05, 4.69) is 30.4 Å². The molecule has 0 saturated heterocycles. The molecule has 16 heteroatoms. The first-order valence-corrected chi connectivity index (χ1v) is 11.5. The first kappa shape index (κ1) is 25.3. The number of H-pyrrole nitrogens is 1. The number of anilines is 3. The highest BCUT2D eigenvalue weighted by atomic mass is 35.5. The lowest BCUT2D eigenvalue weighted by Crippen LogP contribution is -2.28. The Morgan fingerprint density at radius 2 is 2.05 bits per heavy atom. The van der Waals surface area contributed by atoms with Crippen LogP contribution in [0.25, 0.3) is 16.9 Å². The summed E-state index contributed by atoms with van der Waals surface area (Å²) >= 11 is 6.58. The van der Waals surface area contributed by atoms with Crippen LogP contribution in [0.3, 0.4) is 0 Å². The van der Waals surface area contributed by atoms with Crippen LogP contribution in [0.4, 0.5) is 30.8 Å². The van der Waals surface area contributed by atoms with Gasteiger partial charge in [0.1, 0.15) is 21.9 Å². The molecule has 1 fully saturated rings. The molecule has 12 nitrogen and oxygen atoms in total. The number of nitrogens with zero attached hydrogens (tertiary/aromatic N) is 7. The lowest BCUT2D eigenvalue weighted by atomic mass is 10.3. The van der Waals surface area contributed by atoms with Gasteiger partial charge in [0.25, 0.3) is 0 Å². The molecule has 0 unspecified atom stereocenters. The number of alkyl halides is 3. The van der Waals surface area contributed by atoms with Crippen molar-refractivity contribution < 1.29 is 22.7 Å². The van der Waals surface area contributed by atoms with Crippen molar-refractivity contribution in [1.82, 2.24) is 34.7 Å². The Balaban J connectivity index is 1.37. The van der Waals surface area contributed by atoms with E-state index >= 15 is 0 Å². The summed E-state index contributed by atoms with van der Waals surface area (Å²) in [5.41, 5.74) is 5.59. The van der Waals surface area contributed by atoms with E-state index in [1.54, 1.807) is 14.1 Å². The molecule has 0 bridgehead atoms. The topological polar surface area (TPSA) is 153 Å². The summed E-state index contributed by atoms with van der Waals surface area (Å²) in [6, 6.07) is 0.813. The minimum atomic E-state index is -4.57. The summed E-state index contributed by atoms with van der Waals surface area (Å²) in [5, 5.41) is 8.35. The fourth-order valence-corrected chi connectivity index (χ4v) is 3.87. The quantitative estimate of drug-likeness (QED) is 0.294. The monoisotopic (exact) mass is 548 g/mol. The first-order valence-electron chi connectivity index (χ1n) is 11.2. The molecule has 1 amide bonds. The number of imidazole rings is 1. The van der Waals surface area contributed by atoms with Gasteiger partial charge in [-0.15, -0.1) is 0 Å². The Morgan fingerprint density at radius 3 is 2.66 bits per heavy atom. The van der Waals surface area contributed by atoms with Crippen molar-refractivity contribution in [3.05, 3.63) is 47.3 Å². The van der Waals surface area contributed by atoms with Gasteiger partial charge < -0.3 is 20.4 Å². The van der Waals surface area contributed by atoms with Gasteiger partial charge in [0.15, 0.2) is 28.8 Å². The molecule has 0 spiro atoms. The van der Waals surface area contributed by atoms with Gasteiger partial charge in [-0.3, -0.25) is 14.8 Å². The zero-order valence-electron chi connectivity index (χ0n) is 19.9. The number of hydrogen-bond acceptors (Lipinski definition) is 9. The standard InChI is InChI=1S/C22H20ClF3N10O2/c1-35(20(37)10-3-4-10)16-9-28-11(7-29-16)12(6-27)38-13-8-30-19-18(17(13)23)36(2)21(32-19)31-15-5-14(33-34-15)22(24,25)26/h5-10H,3-4,27H2,1-2H3,(H2,30,31,32,33,34). The van der Waals surface area contributed by atoms with Gasteiger partial charge in [0.2, 0.25) is 11.9 Å². The molecule has 4 aromatic heterocycles. The molecule has 0 aromatic carbocycles. The molecule has 198 valence electrons. The Kier molecular flexibility index (Phi) is 6.30. The second-order valence-corrected chi connectivity index (χ2v) is 8.84. The van der Waals surface area contributed by atoms with Crippen LogP contribution in [0.5, 0.6) is 5.75 Å². The number of carbonyl (C=O) groups is 1. The van der Waals surface area contributed by atoms with Crippen molar-refractivity contribution in [3.63, 3.8) is 0 Å². The third-order valence-electron chi connectivity index (χ3n) is 5.79. The minimum Gasteiger partial charge on any atom is -0.450 e. The van der Waals surface area contributed by atoms with Crippen molar-refractivity contribution >= 4 is 52.0 Å². The molecular weight excluding hydrogens is 529 g/mol. The van der Waals surface area contributed by atoms with Crippen molar-refractivity contribution in [2.45, 2.75) is 19.0 Å². The largest absolute Gasteiger partial charge is 0.450 e. The van der Waals surface area contributed by atoms with Crippen molar-refractivity contribution in [2.75, 3.05) is 17.3 Å². The predicted octanol–water partition coefficient (Wildman–Crippen LogP) is 3.61. The average Bonchev–Trinajstić information content (AvgIpc) is 3.54. The highest BCUT2D eigenvalue weighted by molar-refractivity contribution is 6.36. The van der Waals surface area contributed by atoms with Gasteiger partial charge in [-0.2, -0.15) is 23.3 Å². The summed E-state index contributed by atoms with van der Waals surface area (Å²) in [6.45, 7) is 0. The number of aromatic nitrogens is 7. The predicted molar refractivity (Wildman–Crippen MR) is 131 cm³/mol. The van der Waals surface area contributed by atoms with Crippen LogP contribution >= 0.6 is 11.6 Å². The fraction of sp³-hybridized carbons (Fsp3) is 0.273. The number of amides is 1. The molecule has 4 aromatic rings. The SMILES string of the molecule is CN(C(=O)C1CC1)c1cnc(C(=CN)Oc2cnc3nc(Nc4cc(C(F)(F)F)[nH]n4)n(C)c3c2Cl)cn1. The lowest BCUT2D eigenvalue weighted by molar-refractivity contribution is -0.141. The lowest BCUT2D eigenvalue weighted by Gasteiger charge is -2.16. The molecule has 4 heterocycles. The second kappa shape index (κ2) is 9.48. The van der Waals surface area contributed by atoms with E-state index in [4.69, 9.17) is 22.1 Å². The maximum atomic E-state index is 12.9. The summed E-state index contributed by atoms with van der Waals surface area (Å²) in [5.74, 6) is 0.708. The maximum Gasteiger partial charge on any atom is 0.432 e. The van der Waals surface area contributed by atoms with Gasteiger partial charge in [-0.05, 0) is 12.8 Å². The zero-order valence-corrected chi connectivity index (χ0v) is 20.7. The van der Waals surface area contributed by atoms with E-state index < -0.39 is 11.9 Å². The summed E-state index contributed by atoms with van der Waals surface area (Å²) < 4.78 is 45.9. The average molecular weight is 549 g/mol. The Labute approximate surface area is 217 Å². The van der Waals surface area contributed by atoms with E-state index in [0.29, 0.717) is 11.3 Å². The molecule has 5 rings (SSSR count). The third-order valence-corrected chi connectivity index (χ3v) is 6.16. The molecule has 4 N–H and O–H groups in total. The minimum absolute atomic E-state index is 0.0119. The second-order valence-electron chi connectivity index (χ2n) is 8.46. The molecule has 0 aliphatic heterocycles. The Morgan fingerprint density at radius 1 is 1.29 bits per heavy atom. The van der Waals surface area contributed by atoms with E-state index in [0.717, 1.165) is 18.9 Å². The molecule has 1 saturated carbocycles. The Hall–Kier alpha value is -4.40. The first-order chi connectivity index (χ1) is 18.1. The zero-order chi connectivity index (χ0) is 27.2. The number of pyridine rings is 1. The number of aryl methyl sites for hydroxylation is 1. The molecule has 0 radical (unpaired) electrons. The number of aromatic amines is 1. The summed E-state index contributed by atoms with van der Waals surface area (Å²) in [7, 11) is 3.23. The van der Waals surface area contributed by atoms with E-state index in [-0.39, 0.29) is 51.5 Å². The van der Waals surface area contributed by atoms with E-state index in [9.17, 15) is 18.0 Å². The van der Waals surface area contributed by atoms with Crippen LogP contribution < -0.4 is 20.7 Å². The van der Waals surface area contributed by atoms with Crippen LogP contribution in [-0.4, -0.2) is 47.7 Å². The smallest absolute Gasteiger partial charge is 0.432 e. The maximum absolute atomic E-state index is 12.9.